The van der Waals surface area contributed by atoms with Gasteiger partial charge in [-0.05, 0) is 130 Å². The Balaban J connectivity index is 0.829. The molecule has 0 amide bonds. The number of aliphatic hydroxyl groups is 17. The molecule has 6 aliphatic heterocycles. The Bertz CT molecular complexity index is 2820. The third-order valence-electron chi connectivity index (χ3n) is 25.8. The summed E-state index contributed by atoms with van der Waals surface area (Å²) in [6, 6.07) is 0. The van der Waals surface area contributed by atoms with Crippen molar-refractivity contribution >= 4 is 11.9 Å². The quantitative estimate of drug-likeness (QED) is 0.0395. The van der Waals surface area contributed by atoms with Crippen molar-refractivity contribution in [1.29, 1.82) is 0 Å². The van der Waals surface area contributed by atoms with E-state index in [4.69, 9.17) is 56.8 Å². The molecule has 39 atom stereocenters. The summed E-state index contributed by atoms with van der Waals surface area (Å²) < 4.78 is 72.5. The van der Waals surface area contributed by atoms with Crippen molar-refractivity contribution in [1.82, 2.24) is 0 Å². The van der Waals surface area contributed by atoms with Gasteiger partial charge in [-0.15, -0.1) is 0 Å². The van der Waals surface area contributed by atoms with Gasteiger partial charge in [0, 0.05) is 0 Å². The van der Waals surface area contributed by atoms with Crippen LogP contribution in [0, 0.1) is 50.2 Å². The summed E-state index contributed by atoms with van der Waals surface area (Å²) in [7, 11) is 0. The molecule has 18 N–H and O–H groups in total. The van der Waals surface area contributed by atoms with Crippen LogP contribution in [-0.2, 0) is 66.4 Å². The minimum Gasteiger partial charge on any atom is -0.479 e. The lowest BCUT2D eigenvalue weighted by atomic mass is 9.33. The van der Waals surface area contributed by atoms with E-state index >= 15 is 0 Å². The second kappa shape index (κ2) is 28.5. The number of hydrogen-bond donors (Lipinski definition) is 18. The second-order valence-electron chi connectivity index (χ2n) is 31.8. The van der Waals surface area contributed by atoms with Crippen LogP contribution in [0.1, 0.15) is 127 Å². The highest BCUT2D eigenvalue weighted by Gasteiger charge is 2.70. The highest BCUT2D eigenvalue weighted by molar-refractivity contribution is 5.77. The van der Waals surface area contributed by atoms with E-state index in [1.54, 1.807) is 0 Å². The Morgan fingerprint density at radius 3 is 1.50 bits per heavy atom. The van der Waals surface area contributed by atoms with Crippen LogP contribution in [0.4, 0.5) is 0 Å². The summed E-state index contributed by atoms with van der Waals surface area (Å²) in [5, 5.41) is 196. The van der Waals surface area contributed by atoms with E-state index in [-0.39, 0.29) is 39.4 Å². The maximum atomic E-state index is 14.9. The predicted molar refractivity (Wildman–Crippen MR) is 326 cm³/mol. The maximum Gasteiger partial charge on any atom is 0.335 e. The van der Waals surface area contributed by atoms with Gasteiger partial charge in [-0.1, -0.05) is 53.2 Å². The van der Waals surface area contributed by atoms with E-state index < -0.39 is 233 Å². The van der Waals surface area contributed by atoms with Gasteiger partial charge in [-0.25, -0.2) is 4.79 Å². The fraction of sp³-hybridized carbons (Fsp3) is 0.939. The molecule has 32 nitrogen and oxygen atoms in total. The Morgan fingerprint density at radius 2 is 0.929 bits per heavy atom. The van der Waals surface area contributed by atoms with Gasteiger partial charge >= 0.3 is 11.9 Å². The lowest BCUT2D eigenvalue weighted by molar-refractivity contribution is -0.406. The van der Waals surface area contributed by atoms with Crippen LogP contribution in [0.5, 0.6) is 0 Å². The first-order valence-corrected chi connectivity index (χ1v) is 34.6. The Labute approximate surface area is 567 Å². The fourth-order valence-electron chi connectivity index (χ4n) is 19.3. The molecule has 0 radical (unpaired) electrons. The monoisotopic (exact) mass is 1410 g/mol. The largest absolute Gasteiger partial charge is 0.479 e. The SMILES string of the molecule is C[C@@H]1O[C@@H](O[C@H]2[C@H](O[C@H]3[C@H](O[C@H]4CC[C@]5(C)[C@H]6CC=C7[C@@H]8C[C@](C)(C(=O)O[C@@H]9O[C@H](CO)[C@@H](O)[C@H](O)[C@H]9O[C@H]9O[C@H](CO)[C@@H](O)[C@H](O)[C@H]9O)CC[C@]8(C)CC[C@]7(C)[C@]6(C)CC[C@H]5C4(C)C)O[C@H](C(=O)O)[C@@H](O)[C@@H]3O)O[C@H](CO)[C@@H](O[C@@H]3O[C@@H](C)[C@H](O)[C@@H](O)[C@H]3O)[C@@H]2O)[C@H](O)[C@H](O)[C@H]1O. The smallest absolute Gasteiger partial charge is 0.335 e. The number of carbonyl (C=O) groups excluding carboxylic acids is 1. The number of hydrogen-bond acceptors (Lipinski definition) is 31. The zero-order chi connectivity index (χ0) is 71.7. The van der Waals surface area contributed by atoms with E-state index in [2.05, 4.69) is 47.6 Å². The van der Waals surface area contributed by atoms with Gasteiger partial charge < -0.3 is 149 Å². The van der Waals surface area contributed by atoms with Gasteiger partial charge in [-0.2, -0.15) is 0 Å². The number of fused-ring (bicyclic) bond motifs is 7. The number of allylic oxidation sites excluding steroid dienone is 2. The molecule has 0 bridgehead atoms. The number of ether oxygens (including phenoxy) is 12. The summed E-state index contributed by atoms with van der Waals surface area (Å²) in [5.41, 5.74) is -1.91. The van der Waals surface area contributed by atoms with Crippen molar-refractivity contribution in [2.45, 2.75) is 317 Å². The Hall–Kier alpha value is -2.44. The lowest BCUT2D eigenvalue weighted by Crippen LogP contribution is -2.69. The molecule has 0 aromatic carbocycles. The van der Waals surface area contributed by atoms with Crippen molar-refractivity contribution in [3.05, 3.63) is 11.6 Å². The van der Waals surface area contributed by atoms with Crippen molar-refractivity contribution in [3.63, 3.8) is 0 Å². The molecule has 11 rings (SSSR count). The Morgan fingerprint density at radius 1 is 0.459 bits per heavy atom. The van der Waals surface area contributed by atoms with E-state index in [1.807, 2.05) is 6.92 Å². The normalized spacial score (nSPS) is 55.0. The van der Waals surface area contributed by atoms with Crippen LogP contribution >= 0.6 is 0 Å². The first kappa shape index (κ1) is 76.7. The Kier molecular flexibility index (Phi) is 22.3. The van der Waals surface area contributed by atoms with E-state index in [1.165, 1.54) is 19.4 Å². The molecule has 32 heteroatoms. The molecule has 0 aromatic heterocycles. The maximum absolute atomic E-state index is 14.9. The van der Waals surface area contributed by atoms with E-state index in [0.717, 1.165) is 19.3 Å². The summed E-state index contributed by atoms with van der Waals surface area (Å²) >= 11 is 0. The molecule has 6 heterocycles. The van der Waals surface area contributed by atoms with Crippen LogP contribution in [0.2, 0.25) is 0 Å². The van der Waals surface area contributed by atoms with Gasteiger partial charge in [0.2, 0.25) is 6.29 Å². The lowest BCUT2D eigenvalue weighted by Gasteiger charge is -2.71. The molecule has 0 spiro atoms. The highest BCUT2D eigenvalue weighted by Crippen LogP contribution is 2.76. The van der Waals surface area contributed by atoms with Crippen LogP contribution in [0.15, 0.2) is 11.6 Å². The predicted octanol–water partition coefficient (Wildman–Crippen LogP) is -4.24. The molecular formula is C66H106O32. The summed E-state index contributed by atoms with van der Waals surface area (Å²) in [5.74, 6) is -2.43. The van der Waals surface area contributed by atoms with Crippen molar-refractivity contribution in [2.24, 2.45) is 50.2 Å². The van der Waals surface area contributed by atoms with Crippen LogP contribution in [0.25, 0.3) is 0 Å². The molecule has 98 heavy (non-hydrogen) atoms. The summed E-state index contributed by atoms with van der Waals surface area (Å²) in [6.07, 6.45) is -45.6. The molecule has 11 aliphatic rings. The fourth-order valence-corrected chi connectivity index (χ4v) is 19.3. The van der Waals surface area contributed by atoms with Crippen LogP contribution in [0.3, 0.4) is 0 Å². The molecular weight excluding hydrogens is 1300 g/mol. The number of carboxylic acids is 1. The number of esters is 1. The number of aliphatic carboxylic acids is 1. The first-order valence-electron chi connectivity index (χ1n) is 34.6. The average Bonchev–Trinajstić information content (AvgIpc) is 0.677. The number of rotatable bonds is 16. The molecule has 562 valence electrons. The topological polar surface area (TPSA) is 509 Å². The van der Waals surface area contributed by atoms with Gasteiger partial charge in [-0.3, -0.25) is 4.79 Å². The van der Waals surface area contributed by atoms with Crippen LogP contribution < -0.4 is 0 Å². The van der Waals surface area contributed by atoms with Gasteiger partial charge in [0.1, 0.15) is 122 Å². The molecule has 10 fully saturated rings. The van der Waals surface area contributed by atoms with Gasteiger partial charge in [0.25, 0.3) is 0 Å². The molecule has 6 saturated heterocycles. The van der Waals surface area contributed by atoms with Crippen molar-refractivity contribution in [3.8, 4) is 0 Å². The van der Waals surface area contributed by atoms with Crippen LogP contribution in [-0.4, -0.2) is 314 Å². The van der Waals surface area contributed by atoms with E-state index in [9.17, 15) is 102 Å². The third-order valence-corrected chi connectivity index (χ3v) is 25.8. The number of aliphatic hydroxyl groups excluding tert-OH is 17. The molecule has 4 saturated carbocycles. The summed E-state index contributed by atoms with van der Waals surface area (Å²) in [6.45, 7) is 15.4. The molecule has 0 aromatic rings. The van der Waals surface area contributed by atoms with E-state index in [0.29, 0.717) is 44.9 Å². The highest BCUT2D eigenvalue weighted by atomic mass is 16.8. The average molecular weight is 1410 g/mol. The minimum atomic E-state index is -2.17. The van der Waals surface area contributed by atoms with Crippen molar-refractivity contribution < 1.29 is 158 Å². The van der Waals surface area contributed by atoms with Crippen molar-refractivity contribution in [2.75, 3.05) is 19.8 Å². The standard InChI is InChI=1S/C66H106O32/c1-24-34(70)38(74)44(80)54(87-24)93-48-30(23-69)91-57(52(47(48)83)96-55-45(81)39(75)35(71)25(2)88-55)97-51-43(79)42(78)49(53(84)85)94-59(51)92-33-13-14-64(7)31(61(33,3)4)12-15-66(9)32(64)11-10-26-27-20-63(6,17-16-62(27,5)18-19-65(26,66)8)60(86)98-58-50(41(77)37(73)29(22-68)90-58)95-56-46(82)40(76)36(72)28(21-67)89-56/h10,24-25,27-52,54-59,67-83H,11-23H2,1-9H3,(H,84,85)/t24-,25-,27-,28+,29+,30+,31-,32+,33-,34-,35-,36+,37+,38+,39+,40-,41-,42-,43-,44+,45+,46+,47-,48+,49-,50+,51+,52+,54-,55-,56+,57-,58-,59+,62+,63+,64-,65-,66+/m0/s1. The zero-order valence-electron chi connectivity index (χ0n) is 56.7. The molecule has 0 unspecified atom stereocenters. The number of carbonyl (C=O) groups is 2. The minimum absolute atomic E-state index is 0.0599. The molecule has 5 aliphatic carbocycles. The zero-order valence-corrected chi connectivity index (χ0v) is 56.7. The number of carboxylic acid groups (broad SMARTS) is 1. The summed E-state index contributed by atoms with van der Waals surface area (Å²) in [4.78, 5) is 27.7. The second-order valence-corrected chi connectivity index (χ2v) is 31.8. The first-order chi connectivity index (χ1) is 45.9. The van der Waals surface area contributed by atoms with Gasteiger partial charge in [0.15, 0.2) is 43.7 Å². The third kappa shape index (κ3) is 13.0. The van der Waals surface area contributed by atoms with Gasteiger partial charge in [0.05, 0.1) is 43.5 Å².